The number of para-hydroxylation sites is 1. The molecular weight excluding hydrogens is 255 g/mol. The smallest absolute Gasteiger partial charge is 0.115 e. The van der Waals surface area contributed by atoms with E-state index in [-0.39, 0.29) is 37.3 Å². The quantitative estimate of drug-likeness (QED) is 0.748. The van der Waals surface area contributed by atoms with Gasteiger partial charge in [-0.05, 0) is 12.1 Å². The molecule has 0 aromatic heterocycles. The molecule has 48 valence electrons. The zero-order valence-electron chi connectivity index (χ0n) is 4.12. The number of phenols is 1. The van der Waals surface area contributed by atoms with Gasteiger partial charge in [0.1, 0.15) is 5.75 Å². The van der Waals surface area contributed by atoms with Crippen LogP contribution in [0.5, 0.6) is 5.75 Å². The molecular formula is C6H6ErO. The number of hydrogen-bond acceptors (Lipinski definition) is 1. The van der Waals surface area contributed by atoms with Crippen LogP contribution in [0.2, 0.25) is 0 Å². The van der Waals surface area contributed by atoms with Gasteiger partial charge in [-0.15, -0.1) is 0 Å². The molecule has 2 heteroatoms. The van der Waals surface area contributed by atoms with Crippen LogP contribution in [0.15, 0.2) is 30.3 Å². The molecule has 1 aromatic rings. The second-order valence-corrected chi connectivity index (χ2v) is 1.34. The summed E-state index contributed by atoms with van der Waals surface area (Å²) in [5.41, 5.74) is 0. The van der Waals surface area contributed by atoms with Crippen molar-refractivity contribution < 1.29 is 42.4 Å². The van der Waals surface area contributed by atoms with E-state index in [1.807, 2.05) is 6.07 Å². The van der Waals surface area contributed by atoms with Crippen molar-refractivity contribution in [2.45, 2.75) is 0 Å². The monoisotopic (exact) mass is 260 g/mol. The van der Waals surface area contributed by atoms with Gasteiger partial charge in [-0.1, -0.05) is 18.2 Å². The van der Waals surface area contributed by atoms with Crippen LogP contribution in [0.3, 0.4) is 0 Å². The van der Waals surface area contributed by atoms with Crippen LogP contribution in [0.4, 0.5) is 0 Å². The average Bonchev–Trinajstić information content (AvgIpc) is 1.69. The van der Waals surface area contributed by atoms with Gasteiger partial charge in [0.15, 0.2) is 0 Å². The van der Waals surface area contributed by atoms with Crippen molar-refractivity contribution >= 4 is 0 Å². The Balaban J connectivity index is 0.000000490. The molecule has 0 saturated heterocycles. The summed E-state index contributed by atoms with van der Waals surface area (Å²) >= 11 is 0. The normalized spacial score (nSPS) is 7.50. The van der Waals surface area contributed by atoms with Crippen molar-refractivity contribution in [1.29, 1.82) is 0 Å². The number of benzene rings is 1. The number of rotatable bonds is 0. The summed E-state index contributed by atoms with van der Waals surface area (Å²) < 4.78 is 0. The van der Waals surface area contributed by atoms with Crippen LogP contribution in [-0.4, -0.2) is 5.11 Å². The molecule has 8 heavy (non-hydrogen) atoms. The zero-order valence-corrected chi connectivity index (χ0v) is 5.97. The summed E-state index contributed by atoms with van der Waals surface area (Å²) in [5.74, 6) is 0.322. The minimum atomic E-state index is 0. The van der Waals surface area contributed by atoms with Crippen molar-refractivity contribution in [2.75, 3.05) is 0 Å². The van der Waals surface area contributed by atoms with Crippen LogP contribution in [0.25, 0.3) is 0 Å². The molecule has 0 spiro atoms. The van der Waals surface area contributed by atoms with Crippen LogP contribution in [-0.2, 0) is 0 Å². The topological polar surface area (TPSA) is 20.2 Å². The number of phenolic OH excluding ortho intramolecular Hbond substituents is 1. The van der Waals surface area contributed by atoms with Gasteiger partial charge in [0.05, 0.1) is 0 Å². The Labute approximate surface area is 77.9 Å². The third kappa shape index (κ3) is 2.54. The molecule has 0 bridgehead atoms. The Hall–Kier alpha value is 0.267. The molecule has 1 nitrogen and oxygen atoms in total. The fourth-order valence-corrected chi connectivity index (χ4v) is 0.428. The second kappa shape index (κ2) is 4.18. The predicted molar refractivity (Wildman–Crippen MR) is 28.1 cm³/mol. The summed E-state index contributed by atoms with van der Waals surface area (Å²) in [5, 5.41) is 8.63. The van der Waals surface area contributed by atoms with Crippen LogP contribution in [0, 0.1) is 37.3 Å². The summed E-state index contributed by atoms with van der Waals surface area (Å²) in [6.45, 7) is 0. The van der Waals surface area contributed by atoms with Gasteiger partial charge in [-0.25, -0.2) is 0 Å². The minimum Gasteiger partial charge on any atom is -0.508 e. The maximum Gasteiger partial charge on any atom is 0.115 e. The van der Waals surface area contributed by atoms with E-state index in [9.17, 15) is 0 Å². The van der Waals surface area contributed by atoms with Gasteiger partial charge < -0.3 is 5.11 Å². The van der Waals surface area contributed by atoms with Crippen LogP contribution >= 0.6 is 0 Å². The largest absolute Gasteiger partial charge is 0.508 e. The molecule has 0 amide bonds. The van der Waals surface area contributed by atoms with E-state index < -0.39 is 0 Å². The summed E-state index contributed by atoms with van der Waals surface area (Å²) in [6.07, 6.45) is 0. The Kier molecular flexibility index (Phi) is 4.32. The summed E-state index contributed by atoms with van der Waals surface area (Å²) in [6, 6.07) is 8.71. The molecule has 0 saturated carbocycles. The molecule has 0 aliphatic rings. The van der Waals surface area contributed by atoms with Crippen LogP contribution < -0.4 is 0 Å². The molecule has 0 heterocycles. The van der Waals surface area contributed by atoms with Gasteiger partial charge in [-0.3, -0.25) is 0 Å². The Morgan fingerprint density at radius 2 is 1.50 bits per heavy atom. The van der Waals surface area contributed by atoms with E-state index in [0.717, 1.165) is 0 Å². The molecule has 0 unspecified atom stereocenters. The van der Waals surface area contributed by atoms with Gasteiger partial charge >= 0.3 is 0 Å². The Morgan fingerprint density at radius 3 is 1.75 bits per heavy atom. The van der Waals surface area contributed by atoms with E-state index in [1.165, 1.54) is 0 Å². The molecule has 0 aliphatic carbocycles. The standard InChI is InChI=1S/C6H6O.Er/c7-6-4-2-1-3-5-6;/h1-5,7H;. The van der Waals surface area contributed by atoms with Crippen molar-refractivity contribution in [3.8, 4) is 5.75 Å². The van der Waals surface area contributed by atoms with E-state index in [4.69, 9.17) is 5.11 Å². The van der Waals surface area contributed by atoms with Crippen molar-refractivity contribution in [1.82, 2.24) is 0 Å². The molecule has 1 N–H and O–H groups in total. The molecule has 0 aliphatic heterocycles. The van der Waals surface area contributed by atoms with Crippen molar-refractivity contribution in [3.63, 3.8) is 0 Å². The maximum atomic E-state index is 8.63. The number of aromatic hydroxyl groups is 1. The maximum absolute atomic E-state index is 8.63. The molecule has 0 atom stereocenters. The molecule has 1 rings (SSSR count). The first-order valence-corrected chi connectivity index (χ1v) is 2.13. The summed E-state index contributed by atoms with van der Waals surface area (Å²) in [4.78, 5) is 0. The fraction of sp³-hybridized carbons (Fsp3) is 0. The first-order valence-electron chi connectivity index (χ1n) is 2.13. The average molecular weight is 261 g/mol. The Bertz CT molecular complexity index is 138. The zero-order chi connectivity index (χ0) is 5.11. The first kappa shape index (κ1) is 8.27. The van der Waals surface area contributed by atoms with Gasteiger partial charge in [0.25, 0.3) is 0 Å². The van der Waals surface area contributed by atoms with Crippen molar-refractivity contribution in [3.05, 3.63) is 30.3 Å². The Morgan fingerprint density at radius 1 is 1.00 bits per heavy atom. The fourth-order valence-electron chi connectivity index (χ4n) is 0.428. The summed E-state index contributed by atoms with van der Waals surface area (Å²) in [7, 11) is 0. The van der Waals surface area contributed by atoms with E-state index in [1.54, 1.807) is 24.3 Å². The number of hydrogen-bond donors (Lipinski definition) is 1. The molecule has 1 aromatic carbocycles. The predicted octanol–water partition coefficient (Wildman–Crippen LogP) is 1.39. The third-order valence-corrected chi connectivity index (χ3v) is 0.756. The molecule has 0 fully saturated rings. The SMILES string of the molecule is Oc1ccccc1.[Er]. The van der Waals surface area contributed by atoms with E-state index in [2.05, 4.69) is 0 Å². The third-order valence-electron chi connectivity index (χ3n) is 0.756. The van der Waals surface area contributed by atoms with Crippen LogP contribution in [0.1, 0.15) is 0 Å². The van der Waals surface area contributed by atoms with E-state index >= 15 is 0 Å². The van der Waals surface area contributed by atoms with Gasteiger partial charge in [0, 0.05) is 37.3 Å². The minimum absolute atomic E-state index is 0. The van der Waals surface area contributed by atoms with E-state index in [0.29, 0.717) is 5.75 Å². The first-order chi connectivity index (χ1) is 3.39. The van der Waals surface area contributed by atoms with Gasteiger partial charge in [0.2, 0.25) is 0 Å². The second-order valence-electron chi connectivity index (χ2n) is 1.34. The van der Waals surface area contributed by atoms with Crippen molar-refractivity contribution in [2.24, 2.45) is 0 Å². The molecule has 0 radical (unpaired) electrons. The van der Waals surface area contributed by atoms with Gasteiger partial charge in [-0.2, -0.15) is 0 Å².